The Bertz CT molecular complexity index is 1490. The Labute approximate surface area is 204 Å². The molecule has 1 aliphatic rings. The van der Waals surface area contributed by atoms with Gasteiger partial charge in [0.05, 0.1) is 16.9 Å². The third kappa shape index (κ3) is 4.23. The molecule has 4 aromatic rings. The second-order valence-electron chi connectivity index (χ2n) is 8.80. The average Bonchev–Trinajstić information content (AvgIpc) is 3.26. The Morgan fingerprint density at radius 2 is 1.67 bits per heavy atom. The lowest BCUT2D eigenvalue weighted by atomic mass is 10.1. The maximum Gasteiger partial charge on any atom is 0.435 e. The number of benzene rings is 2. The van der Waals surface area contributed by atoms with Crippen molar-refractivity contribution >= 4 is 22.9 Å². The van der Waals surface area contributed by atoms with Gasteiger partial charge in [0.1, 0.15) is 11.2 Å². The van der Waals surface area contributed by atoms with Crippen LogP contribution in [-0.4, -0.2) is 33.6 Å². The number of nitrogens with zero attached hydrogens (tertiary/aromatic N) is 3. The molecule has 0 spiro atoms. The van der Waals surface area contributed by atoms with Crippen LogP contribution in [0.3, 0.4) is 0 Å². The number of anilines is 2. The van der Waals surface area contributed by atoms with Gasteiger partial charge in [-0.1, -0.05) is 42.5 Å². The van der Waals surface area contributed by atoms with Crippen molar-refractivity contribution in [1.29, 1.82) is 0 Å². The largest absolute Gasteiger partial charge is 0.435 e. The van der Waals surface area contributed by atoms with Crippen molar-refractivity contribution in [2.45, 2.75) is 32.4 Å². The molecule has 1 aliphatic heterocycles. The molecule has 2 N–H and O–H groups in total. The van der Waals surface area contributed by atoms with E-state index in [-0.39, 0.29) is 28.0 Å². The minimum absolute atomic E-state index is 0.124. The van der Waals surface area contributed by atoms with Gasteiger partial charge in [-0.15, -0.1) is 0 Å². The molecule has 3 heterocycles. The first-order valence-electron chi connectivity index (χ1n) is 11.7. The summed E-state index contributed by atoms with van der Waals surface area (Å²) < 4.78 is 42.3. The van der Waals surface area contributed by atoms with Gasteiger partial charge in [-0.25, -0.2) is 0 Å². The Balaban J connectivity index is 1.60. The third-order valence-corrected chi connectivity index (χ3v) is 6.38. The fraction of sp³-hybridized carbons (Fsp3) is 0.269. The van der Waals surface area contributed by atoms with Crippen LogP contribution in [0.4, 0.5) is 24.5 Å². The number of hydrogen-bond donors (Lipinski definition) is 2. The molecule has 1 amide bonds. The number of carbonyl (C=O) groups excluding carboxylic acids is 1. The molecule has 0 bridgehead atoms. The highest BCUT2D eigenvalue weighted by atomic mass is 19.4. The van der Waals surface area contributed by atoms with Crippen molar-refractivity contribution in [2.24, 2.45) is 0 Å². The fourth-order valence-electron chi connectivity index (χ4n) is 4.71. The van der Waals surface area contributed by atoms with Gasteiger partial charge in [0, 0.05) is 18.8 Å². The zero-order chi connectivity index (χ0) is 25.4. The Morgan fingerprint density at radius 1 is 1.00 bits per heavy atom. The Hall–Kier alpha value is -4.08. The first-order chi connectivity index (χ1) is 17.3. The number of amides is 1. The summed E-state index contributed by atoms with van der Waals surface area (Å²) in [6, 6.07) is 15.2. The van der Waals surface area contributed by atoms with E-state index < -0.39 is 23.3 Å². The molecule has 0 unspecified atom stereocenters. The van der Waals surface area contributed by atoms with Crippen LogP contribution in [0.25, 0.3) is 16.8 Å². The lowest BCUT2D eigenvalue weighted by Crippen LogP contribution is -2.32. The zero-order valence-electron chi connectivity index (χ0n) is 19.5. The molecule has 186 valence electrons. The minimum atomic E-state index is -4.80. The standard InChI is InChI=1S/C26H24F3N5O2/c1-16-20(24(35)31-18-12-6-7-13-19(18)33-14-8-3-9-15-33)25(36)34-23(30-16)21(17-10-4-2-5-11-17)22(32-34)26(27,28)29/h2,4-7,10-13,30H,3,8-9,14-15H2,1H3,(H,31,35). The number of carbonyl (C=O) groups is 1. The number of aryl methyl sites for hydroxylation is 1. The number of alkyl halides is 3. The number of aromatic nitrogens is 3. The van der Waals surface area contributed by atoms with Gasteiger partial charge < -0.3 is 15.2 Å². The molecular formula is C26H24F3N5O2. The maximum atomic E-state index is 13.9. The first kappa shape index (κ1) is 23.7. The molecule has 2 aromatic heterocycles. The molecule has 7 nitrogen and oxygen atoms in total. The summed E-state index contributed by atoms with van der Waals surface area (Å²) in [5, 5.41) is 6.39. The summed E-state index contributed by atoms with van der Waals surface area (Å²) in [5.74, 6) is -0.717. The highest BCUT2D eigenvalue weighted by Crippen LogP contribution is 2.38. The number of H-pyrrole nitrogens is 1. The molecular weight excluding hydrogens is 471 g/mol. The summed E-state index contributed by atoms with van der Waals surface area (Å²) in [4.78, 5) is 31.6. The van der Waals surface area contributed by atoms with Gasteiger partial charge in [0.25, 0.3) is 11.5 Å². The number of rotatable bonds is 4. The molecule has 0 aliphatic carbocycles. The van der Waals surface area contributed by atoms with E-state index in [0.717, 1.165) is 38.0 Å². The number of para-hydroxylation sites is 2. The predicted molar refractivity (Wildman–Crippen MR) is 131 cm³/mol. The van der Waals surface area contributed by atoms with Crippen molar-refractivity contribution in [3.05, 3.63) is 81.9 Å². The third-order valence-electron chi connectivity index (χ3n) is 6.38. The molecule has 0 atom stereocenters. The van der Waals surface area contributed by atoms with E-state index in [1.807, 2.05) is 12.1 Å². The van der Waals surface area contributed by atoms with Gasteiger partial charge in [-0.2, -0.15) is 22.8 Å². The smallest absolute Gasteiger partial charge is 0.370 e. The van der Waals surface area contributed by atoms with E-state index in [9.17, 15) is 22.8 Å². The highest BCUT2D eigenvalue weighted by Gasteiger charge is 2.39. The maximum absolute atomic E-state index is 13.9. The van der Waals surface area contributed by atoms with Gasteiger partial charge >= 0.3 is 6.18 Å². The van der Waals surface area contributed by atoms with Crippen molar-refractivity contribution in [3.8, 4) is 11.1 Å². The van der Waals surface area contributed by atoms with Crippen molar-refractivity contribution in [1.82, 2.24) is 14.6 Å². The van der Waals surface area contributed by atoms with Crippen LogP contribution in [-0.2, 0) is 6.18 Å². The van der Waals surface area contributed by atoms with Crippen LogP contribution in [0, 0.1) is 6.92 Å². The minimum Gasteiger partial charge on any atom is -0.370 e. The van der Waals surface area contributed by atoms with Gasteiger partial charge in [0.15, 0.2) is 5.69 Å². The second kappa shape index (κ2) is 9.18. The molecule has 0 saturated carbocycles. The van der Waals surface area contributed by atoms with Crippen molar-refractivity contribution < 1.29 is 18.0 Å². The average molecular weight is 496 g/mol. The SMILES string of the molecule is Cc1[nH]c2c(-c3ccccc3)c(C(F)(F)F)nn2c(=O)c1C(=O)Nc1ccccc1N1CCCCC1. The second-order valence-corrected chi connectivity index (χ2v) is 8.80. The van der Waals surface area contributed by atoms with E-state index in [0.29, 0.717) is 10.2 Å². The van der Waals surface area contributed by atoms with Crippen LogP contribution in [0.1, 0.15) is 41.0 Å². The number of fused-ring (bicyclic) bond motifs is 1. The molecule has 0 radical (unpaired) electrons. The molecule has 2 aromatic carbocycles. The normalized spacial score (nSPS) is 14.3. The van der Waals surface area contributed by atoms with Crippen LogP contribution < -0.4 is 15.8 Å². The summed E-state index contributed by atoms with van der Waals surface area (Å²) in [5.41, 5.74) is -1.03. The van der Waals surface area contributed by atoms with E-state index >= 15 is 0 Å². The predicted octanol–water partition coefficient (Wildman–Crippen LogP) is 5.26. The van der Waals surface area contributed by atoms with E-state index in [1.54, 1.807) is 30.3 Å². The summed E-state index contributed by atoms with van der Waals surface area (Å²) in [6.45, 7) is 3.20. The first-order valence-corrected chi connectivity index (χ1v) is 11.7. The monoisotopic (exact) mass is 495 g/mol. The lowest BCUT2D eigenvalue weighted by molar-refractivity contribution is -0.140. The van der Waals surface area contributed by atoms with Crippen LogP contribution in [0.2, 0.25) is 0 Å². The summed E-state index contributed by atoms with van der Waals surface area (Å²) >= 11 is 0. The topological polar surface area (TPSA) is 82.5 Å². The van der Waals surface area contributed by atoms with Crippen LogP contribution >= 0.6 is 0 Å². The summed E-state index contributed by atoms with van der Waals surface area (Å²) in [7, 11) is 0. The van der Waals surface area contributed by atoms with Gasteiger partial charge in [-0.05, 0) is 43.9 Å². The highest BCUT2D eigenvalue weighted by molar-refractivity contribution is 6.06. The van der Waals surface area contributed by atoms with Crippen molar-refractivity contribution in [3.63, 3.8) is 0 Å². The molecule has 5 rings (SSSR count). The van der Waals surface area contributed by atoms with Crippen molar-refractivity contribution in [2.75, 3.05) is 23.3 Å². The Kier molecular flexibility index (Phi) is 6.03. The van der Waals surface area contributed by atoms with E-state index in [4.69, 9.17) is 0 Å². The number of nitrogens with one attached hydrogen (secondary N) is 2. The van der Waals surface area contributed by atoms with Crippen LogP contribution in [0.15, 0.2) is 59.4 Å². The van der Waals surface area contributed by atoms with Gasteiger partial charge in [0.2, 0.25) is 0 Å². The van der Waals surface area contributed by atoms with Gasteiger partial charge in [-0.3, -0.25) is 9.59 Å². The number of halogens is 3. The van der Waals surface area contributed by atoms with Crippen LogP contribution in [0.5, 0.6) is 0 Å². The lowest BCUT2D eigenvalue weighted by Gasteiger charge is -2.30. The quantitative estimate of drug-likeness (QED) is 0.405. The van der Waals surface area contributed by atoms with E-state index in [2.05, 4.69) is 20.3 Å². The fourth-order valence-corrected chi connectivity index (χ4v) is 4.71. The van der Waals surface area contributed by atoms with E-state index in [1.165, 1.54) is 19.1 Å². The molecule has 1 saturated heterocycles. The number of hydrogen-bond acceptors (Lipinski definition) is 4. The number of piperidine rings is 1. The Morgan fingerprint density at radius 3 is 2.36 bits per heavy atom. The molecule has 36 heavy (non-hydrogen) atoms. The molecule has 1 fully saturated rings. The number of aromatic amines is 1. The zero-order valence-corrected chi connectivity index (χ0v) is 19.5. The molecule has 10 heteroatoms. The summed E-state index contributed by atoms with van der Waals surface area (Å²) in [6.07, 6.45) is -1.57.